The van der Waals surface area contributed by atoms with Gasteiger partial charge in [-0.15, -0.1) is 25.6 Å². The quantitative estimate of drug-likeness (QED) is 0.220. The number of alkyl halides is 3. The minimum absolute atomic E-state index is 0. The van der Waals surface area contributed by atoms with Crippen molar-refractivity contribution in [1.82, 2.24) is 20.4 Å². The summed E-state index contributed by atoms with van der Waals surface area (Å²) in [5.41, 5.74) is 0.652. The van der Waals surface area contributed by atoms with Crippen LogP contribution in [0.25, 0.3) is 11.1 Å². The highest BCUT2D eigenvalue weighted by molar-refractivity contribution is 6.09. The lowest BCUT2D eigenvalue weighted by molar-refractivity contribution is -0.274. The summed E-state index contributed by atoms with van der Waals surface area (Å²) < 4.78 is 59.2. The molecule has 49 heavy (non-hydrogen) atoms. The molecule has 4 amide bonds. The number of amides is 4. The molecular weight excluding hydrogens is 666 g/mol. The Balaban J connectivity index is 0.00000468. The summed E-state index contributed by atoms with van der Waals surface area (Å²) in [6.45, 7) is 0.0984. The van der Waals surface area contributed by atoms with Gasteiger partial charge in [0.2, 0.25) is 5.91 Å². The van der Waals surface area contributed by atoms with Gasteiger partial charge in [0, 0.05) is 42.7 Å². The topological polar surface area (TPSA) is 115 Å². The molecule has 0 unspecified atom stereocenters. The fourth-order valence-corrected chi connectivity index (χ4v) is 7.00. The van der Waals surface area contributed by atoms with Crippen LogP contribution in [-0.4, -0.2) is 65.2 Å². The van der Waals surface area contributed by atoms with E-state index in [0.29, 0.717) is 24.8 Å². The molecule has 2 heterocycles. The van der Waals surface area contributed by atoms with Crippen LogP contribution in [0.3, 0.4) is 0 Å². The molecule has 14 heteroatoms. The predicted octanol–water partition coefficient (Wildman–Crippen LogP) is 6.02. The van der Waals surface area contributed by atoms with Gasteiger partial charge in [0.05, 0.1) is 11.6 Å². The second-order valence-electron chi connectivity index (χ2n) is 12.4. The Bertz CT molecular complexity index is 1760. The number of likely N-dealkylation sites (tertiary alicyclic amines) is 1. The molecule has 3 aromatic carbocycles. The molecule has 1 saturated carbocycles. The maximum atomic E-state index is 14.8. The number of nitrogens with one attached hydrogen (secondary N) is 2. The monoisotopic (exact) mass is 699 g/mol. The highest BCUT2D eigenvalue weighted by atomic mass is 35.5. The number of hydrogen-bond donors (Lipinski definition) is 2. The van der Waals surface area contributed by atoms with Crippen LogP contribution >= 0.6 is 12.4 Å². The van der Waals surface area contributed by atoms with Crippen LogP contribution in [0.15, 0.2) is 66.7 Å². The summed E-state index contributed by atoms with van der Waals surface area (Å²) in [7, 11) is 0. The number of halogens is 5. The summed E-state index contributed by atoms with van der Waals surface area (Å²) in [6, 6.07) is 18.1. The first-order chi connectivity index (χ1) is 23.0. The van der Waals surface area contributed by atoms with E-state index < -0.39 is 29.5 Å². The van der Waals surface area contributed by atoms with Gasteiger partial charge in [-0.3, -0.25) is 14.5 Å². The van der Waals surface area contributed by atoms with Crippen molar-refractivity contribution < 1.29 is 36.7 Å². The van der Waals surface area contributed by atoms with Crippen molar-refractivity contribution in [2.75, 3.05) is 19.6 Å². The van der Waals surface area contributed by atoms with Gasteiger partial charge < -0.3 is 20.3 Å². The number of rotatable bonds is 8. The van der Waals surface area contributed by atoms with Crippen LogP contribution in [0.4, 0.5) is 22.4 Å². The van der Waals surface area contributed by atoms with Gasteiger partial charge in [-0.2, -0.15) is 5.26 Å². The molecule has 0 radical (unpaired) electrons. The zero-order valence-corrected chi connectivity index (χ0v) is 27.1. The molecule has 3 aliphatic rings. The third-order valence-corrected chi connectivity index (χ3v) is 9.44. The second kappa shape index (κ2) is 14.4. The fourth-order valence-electron chi connectivity index (χ4n) is 7.00. The first kappa shape index (κ1) is 35.6. The molecule has 2 aliphatic heterocycles. The number of benzene rings is 3. The predicted molar refractivity (Wildman–Crippen MR) is 173 cm³/mol. The van der Waals surface area contributed by atoms with Gasteiger partial charge in [0.1, 0.15) is 23.7 Å². The zero-order chi connectivity index (χ0) is 34.1. The van der Waals surface area contributed by atoms with Crippen LogP contribution in [0, 0.1) is 17.1 Å². The SMILES string of the molecule is Cl.N#Cc1ccc(-c2ccc(OC(F)(F)F)c(CN[C@H]3CCN(C(=O)CN4C(=O)NC5(CCCC5)C4=O)C[C@H]3c3ccccc3)c2)c(F)c1. The Hall–Kier alpha value is -4.67. The highest BCUT2D eigenvalue weighted by Crippen LogP contribution is 2.36. The minimum Gasteiger partial charge on any atom is -0.405 e. The van der Waals surface area contributed by atoms with Gasteiger partial charge in [0.15, 0.2) is 0 Å². The van der Waals surface area contributed by atoms with E-state index in [1.165, 1.54) is 24.3 Å². The van der Waals surface area contributed by atoms with Crippen molar-refractivity contribution in [3.05, 3.63) is 89.2 Å². The standard InChI is InChI=1S/C35H33F4N5O4.ClH/c36-28-16-22(18-40)8-10-26(28)24-9-11-30(48-35(37,38)39)25(17-24)19-41-29-12-15-43(20-27(29)23-6-2-1-3-7-23)31(45)21-44-32(46)34(42-33(44)47)13-4-5-14-34;/h1-3,6-11,16-17,27,29,41H,4-5,12-15,19-21H2,(H,42,47);1H/t27-,29-;/m0./s1. The van der Waals surface area contributed by atoms with Gasteiger partial charge in [0.25, 0.3) is 5.91 Å². The van der Waals surface area contributed by atoms with Gasteiger partial charge in [-0.1, -0.05) is 55.3 Å². The van der Waals surface area contributed by atoms with E-state index in [2.05, 4.69) is 15.4 Å². The van der Waals surface area contributed by atoms with Crippen molar-refractivity contribution in [2.45, 2.75) is 62.5 Å². The van der Waals surface area contributed by atoms with E-state index in [4.69, 9.17) is 5.26 Å². The Morgan fingerprint density at radius 1 is 1.06 bits per heavy atom. The van der Waals surface area contributed by atoms with Gasteiger partial charge in [-0.25, -0.2) is 9.18 Å². The molecule has 2 N–H and O–H groups in total. The van der Waals surface area contributed by atoms with Crippen molar-refractivity contribution >= 4 is 30.3 Å². The molecular formula is C35H34ClF4N5O4. The van der Waals surface area contributed by atoms with Crippen molar-refractivity contribution in [1.29, 1.82) is 5.26 Å². The highest BCUT2D eigenvalue weighted by Gasteiger charge is 2.53. The van der Waals surface area contributed by atoms with Gasteiger partial charge in [-0.05, 0) is 54.7 Å². The Morgan fingerprint density at radius 3 is 2.47 bits per heavy atom. The molecule has 3 fully saturated rings. The first-order valence-corrected chi connectivity index (χ1v) is 15.8. The normalized spacial score (nSPS) is 20.1. The molecule has 9 nitrogen and oxygen atoms in total. The molecule has 2 saturated heterocycles. The summed E-state index contributed by atoms with van der Waals surface area (Å²) in [5, 5.41) is 15.2. The number of piperidine rings is 1. The number of carbonyl (C=O) groups excluding carboxylic acids is 3. The molecule has 0 bridgehead atoms. The summed E-state index contributed by atoms with van der Waals surface area (Å²) >= 11 is 0. The lowest BCUT2D eigenvalue weighted by Crippen LogP contribution is -2.52. The fraction of sp³-hybridized carbons (Fsp3) is 0.371. The molecule has 0 aromatic heterocycles. The van der Waals surface area contributed by atoms with Crippen LogP contribution in [-0.2, 0) is 16.1 Å². The average Bonchev–Trinajstić information content (AvgIpc) is 3.63. The third-order valence-electron chi connectivity index (χ3n) is 9.44. The maximum absolute atomic E-state index is 14.8. The lowest BCUT2D eigenvalue weighted by atomic mass is 9.85. The molecule has 6 rings (SSSR count). The first-order valence-electron chi connectivity index (χ1n) is 15.8. The van der Waals surface area contributed by atoms with E-state index in [-0.39, 0.29) is 79.1 Å². The summed E-state index contributed by atoms with van der Waals surface area (Å²) in [6.07, 6.45) is -1.78. The van der Waals surface area contributed by atoms with E-state index in [0.717, 1.165) is 35.4 Å². The number of nitrogens with zero attached hydrogens (tertiary/aromatic N) is 3. The van der Waals surface area contributed by atoms with Gasteiger partial charge >= 0.3 is 12.4 Å². The summed E-state index contributed by atoms with van der Waals surface area (Å²) in [5.74, 6) is -2.14. The van der Waals surface area contributed by atoms with Crippen molar-refractivity contribution in [3.8, 4) is 22.9 Å². The Kier molecular flexibility index (Phi) is 10.5. The number of imide groups is 1. The number of hydrogen-bond acceptors (Lipinski definition) is 6. The van der Waals surface area contributed by atoms with Crippen LogP contribution < -0.4 is 15.4 Å². The largest absolute Gasteiger partial charge is 0.573 e. The lowest BCUT2D eigenvalue weighted by Gasteiger charge is -2.40. The second-order valence-corrected chi connectivity index (χ2v) is 12.4. The zero-order valence-electron chi connectivity index (χ0n) is 26.3. The summed E-state index contributed by atoms with van der Waals surface area (Å²) in [4.78, 5) is 41.9. The van der Waals surface area contributed by atoms with E-state index >= 15 is 0 Å². The van der Waals surface area contributed by atoms with E-state index in [1.807, 2.05) is 36.4 Å². The average molecular weight is 700 g/mol. The van der Waals surface area contributed by atoms with Crippen molar-refractivity contribution in [3.63, 3.8) is 0 Å². The number of ether oxygens (including phenoxy) is 1. The maximum Gasteiger partial charge on any atom is 0.573 e. The molecule has 1 aliphatic carbocycles. The molecule has 3 aromatic rings. The number of urea groups is 1. The van der Waals surface area contributed by atoms with Crippen LogP contribution in [0.5, 0.6) is 5.75 Å². The minimum atomic E-state index is -4.96. The van der Waals surface area contributed by atoms with E-state index in [9.17, 15) is 31.9 Å². The smallest absolute Gasteiger partial charge is 0.405 e. The Morgan fingerprint density at radius 2 is 1.80 bits per heavy atom. The number of nitriles is 1. The van der Waals surface area contributed by atoms with E-state index in [1.54, 1.807) is 4.90 Å². The van der Waals surface area contributed by atoms with Crippen molar-refractivity contribution in [2.24, 2.45) is 0 Å². The van der Waals surface area contributed by atoms with Crippen LogP contribution in [0.2, 0.25) is 0 Å². The van der Waals surface area contributed by atoms with Crippen LogP contribution in [0.1, 0.15) is 54.7 Å². The molecule has 2 atom stereocenters. The molecule has 1 spiro atoms. The molecule has 258 valence electrons. The Labute approximate surface area is 286 Å². The third kappa shape index (κ3) is 7.66. The number of carbonyl (C=O) groups is 3.